The average Bonchev–Trinajstić information content (AvgIpc) is 2.40. The van der Waals surface area contributed by atoms with Gasteiger partial charge in [-0.25, -0.2) is 8.78 Å². The Hall–Kier alpha value is -1.96. The maximum atomic E-state index is 13.4. The van der Waals surface area contributed by atoms with E-state index in [1.54, 1.807) is 4.90 Å². The fraction of sp³-hybridized carbons (Fsp3) is 0.429. The van der Waals surface area contributed by atoms with Crippen LogP contribution in [-0.4, -0.2) is 23.9 Å². The molecule has 1 amide bonds. The topological polar surface area (TPSA) is 44.1 Å². The normalized spacial score (nSPS) is 19.3. The van der Waals surface area contributed by atoms with Gasteiger partial charge in [-0.1, -0.05) is 0 Å². The Balaban J connectivity index is 1.94. The van der Waals surface area contributed by atoms with Gasteiger partial charge in [0.25, 0.3) is 0 Å². The number of carbonyl (C=O) groups is 1. The molecule has 1 aliphatic heterocycles. The average molecular weight is 264 g/mol. The van der Waals surface area contributed by atoms with Gasteiger partial charge in [-0.2, -0.15) is 5.26 Å². The summed E-state index contributed by atoms with van der Waals surface area (Å²) in [5.41, 5.74) is 0.273. The molecule has 1 aromatic carbocycles. The van der Waals surface area contributed by atoms with E-state index in [-0.39, 0.29) is 30.2 Å². The van der Waals surface area contributed by atoms with Gasteiger partial charge in [0.2, 0.25) is 5.91 Å². The Morgan fingerprint density at radius 3 is 2.89 bits per heavy atom. The van der Waals surface area contributed by atoms with Crippen molar-refractivity contribution in [2.24, 2.45) is 5.92 Å². The largest absolute Gasteiger partial charge is 0.342 e. The van der Waals surface area contributed by atoms with Gasteiger partial charge >= 0.3 is 0 Å². The van der Waals surface area contributed by atoms with Crippen LogP contribution in [0.15, 0.2) is 18.2 Å². The van der Waals surface area contributed by atoms with Gasteiger partial charge in [0, 0.05) is 19.5 Å². The van der Waals surface area contributed by atoms with Crippen LogP contribution in [0.2, 0.25) is 0 Å². The SMILES string of the molecule is N#CC1CCN(CCc2cc(F)ccc2F)C(=O)C1. The zero-order valence-corrected chi connectivity index (χ0v) is 10.4. The second kappa shape index (κ2) is 5.79. The summed E-state index contributed by atoms with van der Waals surface area (Å²) < 4.78 is 26.4. The summed E-state index contributed by atoms with van der Waals surface area (Å²) in [6, 6.07) is 5.41. The molecule has 0 N–H and O–H groups in total. The lowest BCUT2D eigenvalue weighted by Gasteiger charge is -2.29. The minimum Gasteiger partial charge on any atom is -0.342 e. The molecule has 1 heterocycles. The molecule has 0 saturated carbocycles. The Labute approximate surface area is 110 Å². The third-order valence-corrected chi connectivity index (χ3v) is 3.36. The van der Waals surface area contributed by atoms with Crippen LogP contribution >= 0.6 is 0 Å². The lowest BCUT2D eigenvalue weighted by molar-refractivity contribution is -0.134. The molecule has 3 nitrogen and oxygen atoms in total. The second-order valence-electron chi connectivity index (χ2n) is 4.69. The molecule has 0 aromatic heterocycles. The lowest BCUT2D eigenvalue weighted by Crippen LogP contribution is -2.39. The van der Waals surface area contributed by atoms with E-state index >= 15 is 0 Å². The first-order valence-corrected chi connectivity index (χ1v) is 6.21. The smallest absolute Gasteiger partial charge is 0.223 e. The van der Waals surface area contributed by atoms with Crippen molar-refractivity contribution in [3.05, 3.63) is 35.4 Å². The zero-order chi connectivity index (χ0) is 13.8. The summed E-state index contributed by atoms with van der Waals surface area (Å²) in [5, 5.41) is 8.76. The van der Waals surface area contributed by atoms with E-state index in [9.17, 15) is 13.6 Å². The molecule has 0 spiro atoms. The van der Waals surface area contributed by atoms with E-state index in [2.05, 4.69) is 6.07 Å². The number of hydrogen-bond acceptors (Lipinski definition) is 2. The Morgan fingerprint density at radius 2 is 2.21 bits per heavy atom. The standard InChI is InChI=1S/C14H14F2N2O/c15-12-1-2-13(16)11(8-12)4-6-18-5-3-10(9-17)7-14(18)19/h1-2,8,10H,3-7H2. The Morgan fingerprint density at radius 1 is 1.42 bits per heavy atom. The first kappa shape index (κ1) is 13.5. The van der Waals surface area contributed by atoms with Crippen LogP contribution in [-0.2, 0) is 11.2 Å². The number of piperidine rings is 1. The van der Waals surface area contributed by atoms with Crippen molar-refractivity contribution in [3.63, 3.8) is 0 Å². The summed E-state index contributed by atoms with van der Waals surface area (Å²) >= 11 is 0. The minimum atomic E-state index is -0.481. The van der Waals surface area contributed by atoms with Crippen molar-refractivity contribution < 1.29 is 13.6 Å². The van der Waals surface area contributed by atoms with E-state index in [1.165, 1.54) is 0 Å². The van der Waals surface area contributed by atoms with Gasteiger partial charge in [-0.3, -0.25) is 4.79 Å². The van der Waals surface area contributed by atoms with Crippen molar-refractivity contribution in [2.45, 2.75) is 19.3 Å². The van der Waals surface area contributed by atoms with Gasteiger partial charge in [0.15, 0.2) is 0 Å². The van der Waals surface area contributed by atoms with E-state index < -0.39 is 11.6 Å². The first-order valence-electron chi connectivity index (χ1n) is 6.21. The van der Waals surface area contributed by atoms with Crippen molar-refractivity contribution in [1.82, 2.24) is 4.90 Å². The monoisotopic (exact) mass is 264 g/mol. The fourth-order valence-electron chi connectivity index (χ4n) is 2.22. The summed E-state index contributed by atoms with van der Waals surface area (Å²) in [7, 11) is 0. The van der Waals surface area contributed by atoms with Crippen LogP contribution in [0.5, 0.6) is 0 Å². The molecule has 5 heteroatoms. The second-order valence-corrected chi connectivity index (χ2v) is 4.69. The third-order valence-electron chi connectivity index (χ3n) is 3.36. The Bertz CT molecular complexity index is 525. The first-order chi connectivity index (χ1) is 9.10. The van der Waals surface area contributed by atoms with Crippen molar-refractivity contribution >= 4 is 5.91 Å². The van der Waals surface area contributed by atoms with Gasteiger partial charge in [0.05, 0.1) is 12.0 Å². The number of amides is 1. The van der Waals surface area contributed by atoms with Crippen molar-refractivity contribution in [2.75, 3.05) is 13.1 Å². The lowest BCUT2D eigenvalue weighted by atomic mass is 9.97. The van der Waals surface area contributed by atoms with Gasteiger partial charge in [-0.15, -0.1) is 0 Å². The Kier molecular flexibility index (Phi) is 4.10. The van der Waals surface area contributed by atoms with Crippen LogP contribution in [0.4, 0.5) is 8.78 Å². The number of likely N-dealkylation sites (tertiary alicyclic amines) is 1. The van der Waals surface area contributed by atoms with Gasteiger partial charge in [-0.05, 0) is 36.6 Å². The summed E-state index contributed by atoms with van der Waals surface area (Å²) in [4.78, 5) is 13.4. The maximum absolute atomic E-state index is 13.4. The number of benzene rings is 1. The number of rotatable bonds is 3. The van der Waals surface area contributed by atoms with Crippen LogP contribution in [0, 0.1) is 28.9 Å². The highest BCUT2D eigenvalue weighted by molar-refractivity contribution is 5.77. The van der Waals surface area contributed by atoms with Crippen LogP contribution < -0.4 is 0 Å². The molecule has 100 valence electrons. The molecule has 19 heavy (non-hydrogen) atoms. The van der Waals surface area contributed by atoms with Crippen LogP contribution in [0.3, 0.4) is 0 Å². The highest BCUT2D eigenvalue weighted by Gasteiger charge is 2.25. The molecule has 1 fully saturated rings. The van der Waals surface area contributed by atoms with Gasteiger partial charge in [0.1, 0.15) is 11.6 Å². The van der Waals surface area contributed by atoms with E-state index in [1.807, 2.05) is 0 Å². The summed E-state index contributed by atoms with van der Waals surface area (Å²) in [6.45, 7) is 0.866. The molecule has 1 saturated heterocycles. The van der Waals surface area contributed by atoms with Crippen molar-refractivity contribution in [1.29, 1.82) is 5.26 Å². The van der Waals surface area contributed by atoms with Crippen molar-refractivity contribution in [3.8, 4) is 6.07 Å². The molecular formula is C14H14F2N2O. The van der Waals surface area contributed by atoms with E-state index in [0.29, 0.717) is 19.5 Å². The molecule has 2 rings (SSSR count). The molecule has 1 aromatic rings. The fourth-order valence-corrected chi connectivity index (χ4v) is 2.22. The molecule has 1 unspecified atom stereocenters. The molecule has 0 bridgehead atoms. The predicted octanol–water partition coefficient (Wildman–Crippen LogP) is 2.27. The van der Waals surface area contributed by atoms with Crippen LogP contribution in [0.1, 0.15) is 18.4 Å². The number of hydrogen-bond donors (Lipinski definition) is 0. The molecule has 1 aliphatic rings. The molecule has 0 aliphatic carbocycles. The maximum Gasteiger partial charge on any atom is 0.223 e. The number of nitriles is 1. The number of halogens is 2. The summed E-state index contributed by atoms with van der Waals surface area (Å²) in [5.74, 6) is -1.24. The number of carbonyl (C=O) groups excluding carboxylic acids is 1. The molecule has 0 radical (unpaired) electrons. The third kappa shape index (κ3) is 3.28. The van der Waals surface area contributed by atoms with Crippen LogP contribution in [0.25, 0.3) is 0 Å². The quantitative estimate of drug-likeness (QED) is 0.840. The zero-order valence-electron chi connectivity index (χ0n) is 10.4. The predicted molar refractivity (Wildman–Crippen MR) is 65.0 cm³/mol. The summed E-state index contributed by atoms with van der Waals surface area (Å²) in [6.07, 6.45) is 1.16. The highest BCUT2D eigenvalue weighted by Crippen LogP contribution is 2.18. The molecular weight excluding hydrogens is 250 g/mol. The van der Waals surface area contributed by atoms with Gasteiger partial charge < -0.3 is 4.90 Å². The highest BCUT2D eigenvalue weighted by atomic mass is 19.1. The molecule has 1 atom stereocenters. The van der Waals surface area contributed by atoms with E-state index in [4.69, 9.17) is 5.26 Å². The van der Waals surface area contributed by atoms with E-state index in [0.717, 1.165) is 18.2 Å². The number of nitrogens with zero attached hydrogens (tertiary/aromatic N) is 2. The minimum absolute atomic E-state index is 0.0883.